The van der Waals surface area contributed by atoms with E-state index in [1.807, 2.05) is 36.4 Å². The van der Waals surface area contributed by atoms with E-state index in [-0.39, 0.29) is 0 Å². The second kappa shape index (κ2) is 6.25. The zero-order chi connectivity index (χ0) is 15.7. The fraction of sp³-hybridized carbons (Fsp3) is 0. The monoisotopic (exact) mass is 400 g/mol. The molecule has 1 heterocycles. The van der Waals surface area contributed by atoms with Crippen molar-refractivity contribution in [3.63, 3.8) is 0 Å². The van der Waals surface area contributed by atoms with Gasteiger partial charge in [-0.1, -0.05) is 46.3 Å². The molecule has 0 amide bonds. The summed E-state index contributed by atoms with van der Waals surface area (Å²) in [5, 5.41) is 1.60. The van der Waals surface area contributed by atoms with Crippen molar-refractivity contribution in [1.29, 1.82) is 0 Å². The summed E-state index contributed by atoms with van der Waals surface area (Å²) < 4.78 is 38.2. The van der Waals surface area contributed by atoms with Gasteiger partial charge in [0.05, 0.1) is 15.1 Å². The summed E-state index contributed by atoms with van der Waals surface area (Å²) in [4.78, 5) is 0.676. The molecular formula is C15H10BrClO4S. The molecule has 2 aromatic rings. The van der Waals surface area contributed by atoms with Crippen molar-refractivity contribution in [2.24, 2.45) is 0 Å². The highest BCUT2D eigenvalue weighted by molar-refractivity contribution is 9.10. The van der Waals surface area contributed by atoms with Crippen molar-refractivity contribution in [1.82, 2.24) is 0 Å². The summed E-state index contributed by atoms with van der Waals surface area (Å²) in [7, 11) is -5.69. The number of benzene rings is 2. The fourth-order valence-electron chi connectivity index (χ4n) is 2.18. The van der Waals surface area contributed by atoms with Gasteiger partial charge in [0.2, 0.25) is 0 Å². The van der Waals surface area contributed by atoms with Crippen LogP contribution in [0.15, 0.2) is 64.0 Å². The van der Waals surface area contributed by atoms with E-state index in [2.05, 4.69) is 19.7 Å². The zero-order valence-corrected chi connectivity index (χ0v) is 14.2. The highest BCUT2D eigenvalue weighted by Crippen LogP contribution is 2.41. The highest BCUT2D eigenvalue weighted by atomic mass is 79.9. The Labute approximate surface area is 140 Å². The predicted molar refractivity (Wildman–Crippen MR) is 80.7 cm³/mol. The van der Waals surface area contributed by atoms with Crippen LogP contribution in [0, 0.1) is 10.2 Å². The van der Waals surface area contributed by atoms with Crippen LogP contribution in [0.2, 0.25) is 0 Å². The van der Waals surface area contributed by atoms with Crippen molar-refractivity contribution in [2.45, 2.75) is 4.90 Å². The van der Waals surface area contributed by atoms with E-state index in [0.717, 1.165) is 21.2 Å². The Morgan fingerprint density at radius 3 is 2.32 bits per heavy atom. The Morgan fingerprint density at radius 1 is 0.955 bits per heavy atom. The first kappa shape index (κ1) is 15.9. The van der Waals surface area contributed by atoms with Gasteiger partial charge in [-0.15, -0.1) is 0 Å². The Morgan fingerprint density at radius 2 is 1.64 bits per heavy atom. The molecule has 1 aliphatic heterocycles. The van der Waals surface area contributed by atoms with Gasteiger partial charge in [-0.25, -0.2) is 0 Å². The Hall–Kier alpha value is -0.990. The molecule has 0 bridgehead atoms. The van der Waals surface area contributed by atoms with Gasteiger partial charge in [0.15, 0.2) is 0 Å². The van der Waals surface area contributed by atoms with Crippen LogP contribution in [0.3, 0.4) is 0 Å². The van der Waals surface area contributed by atoms with E-state index in [4.69, 9.17) is 0 Å². The highest BCUT2D eigenvalue weighted by Gasteiger charge is 2.27. The lowest BCUT2D eigenvalue weighted by atomic mass is 9.98. The van der Waals surface area contributed by atoms with Gasteiger partial charge in [0, 0.05) is 9.84 Å². The first-order chi connectivity index (χ1) is 10.4. The summed E-state index contributed by atoms with van der Waals surface area (Å²) in [6, 6.07) is 15.1. The third-order valence-electron chi connectivity index (χ3n) is 3.05. The molecule has 0 fully saturated rings. The van der Waals surface area contributed by atoms with Crippen molar-refractivity contribution < 1.29 is 28.0 Å². The van der Waals surface area contributed by atoms with E-state index in [0.29, 0.717) is 4.90 Å². The average molecular weight is 402 g/mol. The summed E-state index contributed by atoms with van der Waals surface area (Å²) >= 11 is 3.40. The van der Waals surface area contributed by atoms with Crippen LogP contribution >= 0.6 is 26.7 Å². The van der Waals surface area contributed by atoms with E-state index in [1.165, 1.54) is 0 Å². The summed E-state index contributed by atoms with van der Waals surface area (Å²) in [5.41, 5.74) is 2.81. The summed E-state index contributed by atoms with van der Waals surface area (Å²) in [6.07, 6.45) is 1.79. The second-order valence-electron chi connectivity index (χ2n) is 4.46. The molecule has 3 rings (SSSR count). The molecule has 1 atom stereocenters. The molecule has 0 aliphatic carbocycles. The van der Waals surface area contributed by atoms with Crippen LogP contribution in [0.5, 0.6) is 0 Å². The van der Waals surface area contributed by atoms with Crippen molar-refractivity contribution in [2.75, 3.05) is 0 Å². The van der Waals surface area contributed by atoms with Gasteiger partial charge in [0.25, 0.3) is 0 Å². The first-order valence-corrected chi connectivity index (χ1v) is 9.42. The third kappa shape index (κ3) is 3.49. The van der Waals surface area contributed by atoms with E-state index in [1.54, 1.807) is 23.6 Å². The van der Waals surface area contributed by atoms with Crippen LogP contribution in [0.1, 0.15) is 11.1 Å². The average Bonchev–Trinajstić information content (AvgIpc) is 2.47. The number of halogens is 2. The van der Waals surface area contributed by atoms with E-state index in [9.17, 15) is 14.0 Å². The Bertz CT molecular complexity index is 766. The predicted octanol–water partition coefficient (Wildman–Crippen LogP) is 1.15. The molecule has 114 valence electrons. The summed E-state index contributed by atoms with van der Waals surface area (Å²) in [5.74, 6) is 0. The minimum absolute atomic E-state index is 0.676. The quantitative estimate of drug-likeness (QED) is 0.723. The topological polar surface area (TPSA) is 78.4 Å². The molecule has 0 N–H and O–H groups in total. The lowest BCUT2D eigenvalue weighted by Crippen LogP contribution is -2.60. The maximum Gasteiger partial charge on any atom is 0.141 e. The molecule has 1 aliphatic rings. The molecule has 4 nitrogen and oxygen atoms in total. The minimum Gasteiger partial charge on any atom is -0.182 e. The molecule has 0 radical (unpaired) electrons. The Kier molecular flexibility index (Phi) is 4.52. The molecule has 1 unspecified atom stereocenters. The SMILES string of the molecule is [O-][Cl+3]([O-])([O-])OS1=CC=C(c2ccc(Br)cc2)c2ccccc21. The van der Waals surface area contributed by atoms with Gasteiger partial charge in [-0.2, -0.15) is 14.0 Å². The van der Waals surface area contributed by atoms with Crippen LogP contribution in [-0.4, -0.2) is 5.37 Å². The number of hydrogen-bond acceptors (Lipinski definition) is 4. The molecule has 2 aromatic carbocycles. The molecule has 22 heavy (non-hydrogen) atoms. The van der Waals surface area contributed by atoms with Gasteiger partial charge in [0.1, 0.15) is 14.5 Å². The van der Waals surface area contributed by atoms with Crippen LogP contribution in [-0.2, 0) is 3.74 Å². The Balaban J connectivity index is 2.08. The molecule has 0 spiro atoms. The minimum atomic E-state index is -4.47. The smallest absolute Gasteiger partial charge is 0.141 e. The van der Waals surface area contributed by atoms with Crippen molar-refractivity contribution in [3.05, 3.63) is 70.2 Å². The molecule has 0 saturated heterocycles. The molecule has 0 aromatic heterocycles. The number of rotatable bonds is 3. The standard InChI is InChI=1S/C15H10BrClO4S/c16-12-7-5-11(6-8-12)13-9-10-22(21-17(18,19)20)15-4-2-1-3-14(13)15/h1-10H. The lowest BCUT2D eigenvalue weighted by Gasteiger charge is -2.19. The molecular weight excluding hydrogens is 392 g/mol. The molecule has 7 heteroatoms. The first-order valence-electron chi connectivity index (χ1n) is 6.18. The van der Waals surface area contributed by atoms with Crippen molar-refractivity contribution >= 4 is 37.6 Å². The molecule has 0 saturated carbocycles. The van der Waals surface area contributed by atoms with Crippen LogP contribution in [0.4, 0.5) is 0 Å². The van der Waals surface area contributed by atoms with Crippen LogP contribution < -0.4 is 14.0 Å². The third-order valence-corrected chi connectivity index (χ3v) is 5.91. The number of allylic oxidation sites excluding steroid dienone is 1. The normalized spacial score (nSPS) is 17.5. The zero-order valence-electron chi connectivity index (χ0n) is 11.1. The van der Waals surface area contributed by atoms with Crippen LogP contribution in [0.25, 0.3) is 5.57 Å². The second-order valence-corrected chi connectivity index (χ2v) is 7.94. The van der Waals surface area contributed by atoms with Crippen molar-refractivity contribution in [3.8, 4) is 0 Å². The van der Waals surface area contributed by atoms with E-state index < -0.39 is 21.0 Å². The van der Waals surface area contributed by atoms with E-state index >= 15 is 0 Å². The largest absolute Gasteiger partial charge is 0.182 e. The summed E-state index contributed by atoms with van der Waals surface area (Å²) in [6.45, 7) is 0. The maximum atomic E-state index is 10.9. The fourth-order valence-corrected chi connectivity index (χ4v) is 4.56. The maximum absolute atomic E-state index is 10.9. The van der Waals surface area contributed by atoms with Gasteiger partial charge in [-0.05, 0) is 41.0 Å². The van der Waals surface area contributed by atoms with Gasteiger partial charge in [-0.3, -0.25) is 0 Å². The van der Waals surface area contributed by atoms with Gasteiger partial charge >= 0.3 is 0 Å². The van der Waals surface area contributed by atoms with Gasteiger partial charge < -0.3 is 0 Å². The number of hydrogen-bond donors (Lipinski definition) is 0. The lowest BCUT2D eigenvalue weighted by molar-refractivity contribution is -1.91. The number of fused-ring (bicyclic) bond motifs is 1.